The van der Waals surface area contributed by atoms with Crippen LogP contribution in [0.2, 0.25) is 0 Å². The number of nitrogens with zero attached hydrogens (tertiary/aromatic N) is 2. The maximum absolute atomic E-state index is 11.9. The molecule has 15 heavy (non-hydrogen) atoms. The van der Waals surface area contributed by atoms with Crippen LogP contribution in [0.4, 0.5) is 0 Å². The van der Waals surface area contributed by atoms with Crippen LogP contribution in [0, 0.1) is 17.2 Å². The molecule has 80 valence electrons. The fourth-order valence-electron chi connectivity index (χ4n) is 1.60. The molecule has 0 spiro atoms. The van der Waals surface area contributed by atoms with Crippen molar-refractivity contribution in [2.45, 2.75) is 20.8 Å². The molecule has 1 unspecified atom stereocenters. The van der Waals surface area contributed by atoms with E-state index in [4.69, 9.17) is 5.26 Å². The van der Waals surface area contributed by atoms with Crippen molar-refractivity contribution in [3.8, 4) is 6.07 Å². The molecule has 0 saturated heterocycles. The van der Waals surface area contributed by atoms with Gasteiger partial charge in [-0.3, -0.25) is 4.79 Å². The van der Waals surface area contributed by atoms with E-state index in [1.165, 1.54) is 0 Å². The Balaban J connectivity index is 2.83. The number of hydrogen-bond donors (Lipinski definition) is 0. The van der Waals surface area contributed by atoms with Crippen molar-refractivity contribution in [3.63, 3.8) is 0 Å². The van der Waals surface area contributed by atoms with Gasteiger partial charge < -0.3 is 4.90 Å². The SMILES string of the molecule is CC(C)=C(C#N)C(=O)N1CC=CC(C)C1. The molecule has 0 fully saturated rings. The summed E-state index contributed by atoms with van der Waals surface area (Å²) < 4.78 is 0. The molecular weight excluding hydrogens is 188 g/mol. The summed E-state index contributed by atoms with van der Waals surface area (Å²) in [5, 5.41) is 8.89. The highest BCUT2D eigenvalue weighted by atomic mass is 16.2. The number of amides is 1. The predicted octanol–water partition coefficient (Wildman–Crippen LogP) is 1.88. The Bertz CT molecular complexity index is 356. The van der Waals surface area contributed by atoms with Crippen LogP contribution in [0.15, 0.2) is 23.3 Å². The van der Waals surface area contributed by atoms with Crippen molar-refractivity contribution >= 4 is 5.91 Å². The Labute approximate surface area is 90.7 Å². The van der Waals surface area contributed by atoms with Crippen LogP contribution in [-0.2, 0) is 4.79 Å². The summed E-state index contributed by atoms with van der Waals surface area (Å²) in [5.74, 6) is 0.230. The summed E-state index contributed by atoms with van der Waals surface area (Å²) in [4.78, 5) is 13.6. The van der Waals surface area contributed by atoms with Crippen LogP contribution >= 0.6 is 0 Å². The molecule has 0 N–H and O–H groups in total. The van der Waals surface area contributed by atoms with Crippen molar-refractivity contribution < 1.29 is 4.79 Å². The van der Waals surface area contributed by atoms with E-state index in [1.54, 1.807) is 18.7 Å². The topological polar surface area (TPSA) is 44.1 Å². The first kappa shape index (κ1) is 11.5. The van der Waals surface area contributed by atoms with Crippen LogP contribution in [-0.4, -0.2) is 23.9 Å². The van der Waals surface area contributed by atoms with Crippen LogP contribution in [0.3, 0.4) is 0 Å². The molecule has 0 aromatic heterocycles. The number of hydrogen-bond acceptors (Lipinski definition) is 2. The molecule has 0 aromatic carbocycles. The monoisotopic (exact) mass is 204 g/mol. The van der Waals surface area contributed by atoms with E-state index in [0.29, 0.717) is 19.0 Å². The largest absolute Gasteiger partial charge is 0.334 e. The van der Waals surface area contributed by atoms with Gasteiger partial charge in [-0.05, 0) is 19.8 Å². The number of carbonyl (C=O) groups is 1. The van der Waals surface area contributed by atoms with Crippen LogP contribution in [0.1, 0.15) is 20.8 Å². The molecular formula is C12H16N2O. The maximum atomic E-state index is 11.9. The Morgan fingerprint density at radius 1 is 1.53 bits per heavy atom. The molecule has 0 aliphatic carbocycles. The quantitative estimate of drug-likeness (QED) is 0.372. The summed E-state index contributed by atoms with van der Waals surface area (Å²) in [6.07, 6.45) is 4.07. The molecule has 1 aliphatic rings. The van der Waals surface area contributed by atoms with Gasteiger partial charge in [0.05, 0.1) is 0 Å². The first-order valence-corrected chi connectivity index (χ1v) is 5.09. The Morgan fingerprint density at radius 2 is 2.20 bits per heavy atom. The van der Waals surface area contributed by atoms with Crippen LogP contribution in [0.5, 0.6) is 0 Å². The molecule has 0 bridgehead atoms. The second kappa shape index (κ2) is 4.79. The Hall–Kier alpha value is -1.56. The van der Waals surface area contributed by atoms with Gasteiger partial charge in [0.15, 0.2) is 0 Å². The minimum absolute atomic E-state index is 0.145. The molecule has 0 saturated carbocycles. The Morgan fingerprint density at radius 3 is 2.67 bits per heavy atom. The lowest BCUT2D eigenvalue weighted by atomic mass is 10.1. The van der Waals surface area contributed by atoms with Gasteiger partial charge in [0.25, 0.3) is 5.91 Å². The highest BCUT2D eigenvalue weighted by Crippen LogP contribution is 2.13. The molecule has 1 heterocycles. The lowest BCUT2D eigenvalue weighted by molar-refractivity contribution is -0.126. The highest BCUT2D eigenvalue weighted by Gasteiger charge is 2.21. The minimum atomic E-state index is -0.145. The number of carbonyl (C=O) groups excluding carboxylic acids is 1. The first-order valence-electron chi connectivity index (χ1n) is 5.09. The first-order chi connectivity index (χ1) is 7.06. The number of rotatable bonds is 1. The predicted molar refractivity (Wildman–Crippen MR) is 58.9 cm³/mol. The third-order valence-electron chi connectivity index (χ3n) is 2.41. The van der Waals surface area contributed by atoms with Gasteiger partial charge >= 0.3 is 0 Å². The average Bonchev–Trinajstić information content (AvgIpc) is 2.18. The summed E-state index contributed by atoms with van der Waals surface area (Å²) in [7, 11) is 0. The van der Waals surface area contributed by atoms with Gasteiger partial charge in [-0.1, -0.05) is 24.6 Å². The summed E-state index contributed by atoms with van der Waals surface area (Å²) >= 11 is 0. The van der Waals surface area contributed by atoms with Crippen molar-refractivity contribution in [1.29, 1.82) is 5.26 Å². The zero-order valence-electron chi connectivity index (χ0n) is 9.45. The Kier molecular flexibility index (Phi) is 3.68. The molecule has 3 nitrogen and oxygen atoms in total. The third kappa shape index (κ3) is 2.69. The fourth-order valence-corrected chi connectivity index (χ4v) is 1.60. The van der Waals surface area contributed by atoms with E-state index in [2.05, 4.69) is 13.0 Å². The maximum Gasteiger partial charge on any atom is 0.264 e. The summed E-state index contributed by atoms with van der Waals surface area (Å²) in [5.41, 5.74) is 1.06. The van der Waals surface area contributed by atoms with Crippen molar-refractivity contribution in [2.75, 3.05) is 13.1 Å². The van der Waals surface area contributed by atoms with Gasteiger partial charge in [0.1, 0.15) is 11.6 Å². The molecule has 3 heteroatoms. The second-order valence-electron chi connectivity index (χ2n) is 4.10. The van der Waals surface area contributed by atoms with Crippen LogP contribution in [0.25, 0.3) is 0 Å². The lowest BCUT2D eigenvalue weighted by Gasteiger charge is -2.27. The minimum Gasteiger partial charge on any atom is -0.334 e. The van der Waals surface area contributed by atoms with Gasteiger partial charge in [-0.15, -0.1) is 0 Å². The molecule has 1 amide bonds. The average molecular weight is 204 g/mol. The van der Waals surface area contributed by atoms with Gasteiger partial charge in [-0.2, -0.15) is 5.26 Å². The van der Waals surface area contributed by atoms with Crippen molar-refractivity contribution in [1.82, 2.24) is 4.90 Å². The molecule has 0 radical (unpaired) electrons. The molecule has 1 rings (SSSR count). The van der Waals surface area contributed by atoms with E-state index < -0.39 is 0 Å². The van der Waals surface area contributed by atoms with Crippen LogP contribution < -0.4 is 0 Å². The smallest absolute Gasteiger partial charge is 0.264 e. The van der Waals surface area contributed by atoms with Gasteiger partial charge in [0.2, 0.25) is 0 Å². The highest BCUT2D eigenvalue weighted by molar-refractivity contribution is 5.98. The summed E-state index contributed by atoms with van der Waals surface area (Å²) in [6, 6.07) is 1.98. The van der Waals surface area contributed by atoms with E-state index in [0.717, 1.165) is 5.57 Å². The van der Waals surface area contributed by atoms with Crippen molar-refractivity contribution in [3.05, 3.63) is 23.3 Å². The zero-order chi connectivity index (χ0) is 11.4. The zero-order valence-corrected chi connectivity index (χ0v) is 9.45. The second-order valence-corrected chi connectivity index (χ2v) is 4.10. The molecule has 1 aliphatic heterocycles. The molecule has 0 aromatic rings. The normalized spacial score (nSPS) is 19.6. The van der Waals surface area contributed by atoms with Gasteiger partial charge in [0, 0.05) is 13.1 Å². The number of nitriles is 1. The van der Waals surface area contributed by atoms with E-state index in [-0.39, 0.29) is 11.5 Å². The molecule has 1 atom stereocenters. The lowest BCUT2D eigenvalue weighted by Crippen LogP contribution is -2.37. The van der Waals surface area contributed by atoms with E-state index in [1.807, 2.05) is 12.1 Å². The standard InChI is InChI=1S/C12H16N2O/c1-9(2)11(7-13)12(15)14-6-4-5-10(3)8-14/h4-5,10H,6,8H2,1-3H3. The summed E-state index contributed by atoms with van der Waals surface area (Å²) in [6.45, 7) is 6.96. The van der Waals surface area contributed by atoms with Crippen molar-refractivity contribution in [2.24, 2.45) is 5.92 Å². The fraction of sp³-hybridized carbons (Fsp3) is 0.500. The van der Waals surface area contributed by atoms with Gasteiger partial charge in [-0.25, -0.2) is 0 Å². The van der Waals surface area contributed by atoms with E-state index in [9.17, 15) is 4.79 Å². The van der Waals surface area contributed by atoms with E-state index >= 15 is 0 Å². The number of allylic oxidation sites excluding steroid dienone is 1. The third-order valence-corrected chi connectivity index (χ3v) is 2.41.